The fraction of sp³-hybridized carbons (Fsp3) is 0.316. The van der Waals surface area contributed by atoms with Gasteiger partial charge in [0.25, 0.3) is 0 Å². The standard InChI is InChI=1S/C11H11ClO3.C8H10FN/c12-9-3-1-7(2-4-9)11(10(14)15)5-8(11)6-13;1-10-6-7-2-4-8(9)5-3-7/h1-4,8,13H,5-6H2,(H,14,15);2-5,10H,6H2,1H3/t8-,11+;/m0./s1. The highest BCUT2D eigenvalue weighted by Gasteiger charge is 2.61. The maximum Gasteiger partial charge on any atom is 0.314 e. The third kappa shape index (κ3) is 4.57. The molecule has 6 heteroatoms. The van der Waals surface area contributed by atoms with Crippen LogP contribution in [0.1, 0.15) is 17.5 Å². The minimum absolute atomic E-state index is 0.0884. The van der Waals surface area contributed by atoms with Gasteiger partial charge in [-0.1, -0.05) is 35.9 Å². The van der Waals surface area contributed by atoms with Crippen molar-refractivity contribution >= 4 is 17.6 Å². The Labute approximate surface area is 151 Å². The van der Waals surface area contributed by atoms with Crippen LogP contribution in [0.25, 0.3) is 0 Å². The van der Waals surface area contributed by atoms with Gasteiger partial charge in [0, 0.05) is 24.1 Å². The smallest absolute Gasteiger partial charge is 0.314 e. The Bertz CT molecular complexity index is 706. The van der Waals surface area contributed by atoms with Crippen LogP contribution in [-0.2, 0) is 16.8 Å². The molecule has 1 saturated carbocycles. The molecule has 2 atom stereocenters. The van der Waals surface area contributed by atoms with E-state index in [0.717, 1.165) is 17.7 Å². The minimum Gasteiger partial charge on any atom is -0.481 e. The van der Waals surface area contributed by atoms with Crippen molar-refractivity contribution in [2.75, 3.05) is 13.7 Å². The molecule has 0 bridgehead atoms. The Balaban J connectivity index is 0.000000196. The largest absolute Gasteiger partial charge is 0.481 e. The van der Waals surface area contributed by atoms with Crippen LogP contribution < -0.4 is 5.32 Å². The van der Waals surface area contributed by atoms with Gasteiger partial charge in [-0.3, -0.25) is 4.79 Å². The molecule has 0 saturated heterocycles. The average Bonchev–Trinajstić information content (AvgIpc) is 3.34. The number of aliphatic hydroxyl groups excluding tert-OH is 1. The van der Waals surface area contributed by atoms with Gasteiger partial charge in [-0.15, -0.1) is 0 Å². The lowest BCUT2D eigenvalue weighted by Gasteiger charge is -2.11. The van der Waals surface area contributed by atoms with E-state index in [2.05, 4.69) is 5.32 Å². The van der Waals surface area contributed by atoms with Crippen LogP contribution in [0.5, 0.6) is 0 Å². The summed E-state index contributed by atoms with van der Waals surface area (Å²) in [4.78, 5) is 11.2. The summed E-state index contributed by atoms with van der Waals surface area (Å²) in [6.45, 7) is 0.704. The quantitative estimate of drug-likeness (QED) is 0.761. The van der Waals surface area contributed by atoms with Crippen molar-refractivity contribution < 1.29 is 19.4 Å². The number of aliphatic carboxylic acids is 1. The molecule has 0 amide bonds. The van der Waals surface area contributed by atoms with E-state index in [1.54, 1.807) is 36.4 Å². The van der Waals surface area contributed by atoms with Crippen LogP contribution in [0.15, 0.2) is 48.5 Å². The average molecular weight is 366 g/mol. The third-order valence-corrected chi connectivity index (χ3v) is 4.61. The first-order chi connectivity index (χ1) is 11.9. The summed E-state index contributed by atoms with van der Waals surface area (Å²) in [6, 6.07) is 13.2. The highest BCUT2D eigenvalue weighted by Crippen LogP contribution is 2.54. The summed E-state index contributed by atoms with van der Waals surface area (Å²) in [5, 5.41) is 21.8. The monoisotopic (exact) mass is 365 g/mol. The second-order valence-electron chi connectivity index (χ2n) is 6.02. The SMILES string of the molecule is CNCc1ccc(F)cc1.O=C(O)[C@@]1(c2ccc(Cl)cc2)C[C@H]1CO. The summed E-state index contributed by atoms with van der Waals surface area (Å²) >= 11 is 5.74. The fourth-order valence-electron chi connectivity index (χ4n) is 2.84. The number of hydrogen-bond acceptors (Lipinski definition) is 3. The van der Waals surface area contributed by atoms with Crippen LogP contribution in [0, 0.1) is 11.7 Å². The molecular weight excluding hydrogens is 345 g/mol. The van der Waals surface area contributed by atoms with E-state index in [1.807, 2.05) is 7.05 Å². The lowest BCUT2D eigenvalue weighted by Crippen LogP contribution is -2.23. The Hall–Kier alpha value is -1.95. The molecular formula is C19H21ClFNO3. The Morgan fingerprint density at radius 1 is 1.24 bits per heavy atom. The van der Waals surface area contributed by atoms with E-state index in [-0.39, 0.29) is 18.3 Å². The lowest BCUT2D eigenvalue weighted by molar-refractivity contribution is -0.140. The highest BCUT2D eigenvalue weighted by molar-refractivity contribution is 6.30. The van der Waals surface area contributed by atoms with E-state index in [4.69, 9.17) is 16.7 Å². The van der Waals surface area contributed by atoms with Crippen LogP contribution in [-0.4, -0.2) is 29.8 Å². The molecule has 25 heavy (non-hydrogen) atoms. The van der Waals surface area contributed by atoms with Gasteiger partial charge in [-0.25, -0.2) is 4.39 Å². The Morgan fingerprint density at radius 2 is 1.84 bits per heavy atom. The molecule has 1 aliphatic rings. The number of aliphatic hydroxyl groups is 1. The molecule has 0 aliphatic heterocycles. The second-order valence-corrected chi connectivity index (χ2v) is 6.46. The van der Waals surface area contributed by atoms with Crippen molar-refractivity contribution in [3.05, 3.63) is 70.5 Å². The number of carbonyl (C=O) groups is 1. The fourth-order valence-corrected chi connectivity index (χ4v) is 2.97. The molecule has 0 radical (unpaired) electrons. The van der Waals surface area contributed by atoms with Gasteiger partial charge in [0.05, 0.1) is 5.41 Å². The zero-order chi connectivity index (χ0) is 18.4. The normalized spacial score (nSPS) is 21.2. The summed E-state index contributed by atoms with van der Waals surface area (Å²) in [7, 11) is 1.86. The molecule has 0 spiro atoms. The van der Waals surface area contributed by atoms with Crippen LogP contribution in [0.4, 0.5) is 4.39 Å². The predicted molar refractivity (Wildman–Crippen MR) is 95.1 cm³/mol. The van der Waals surface area contributed by atoms with Crippen LogP contribution in [0.3, 0.4) is 0 Å². The molecule has 3 N–H and O–H groups in total. The zero-order valence-electron chi connectivity index (χ0n) is 13.9. The van der Waals surface area contributed by atoms with Gasteiger partial charge in [-0.05, 0) is 48.9 Å². The summed E-state index contributed by atoms with van der Waals surface area (Å²) in [6.07, 6.45) is 0.500. The van der Waals surface area contributed by atoms with E-state index in [1.165, 1.54) is 12.1 Å². The third-order valence-electron chi connectivity index (χ3n) is 4.36. The Morgan fingerprint density at radius 3 is 2.28 bits per heavy atom. The molecule has 2 aromatic rings. The van der Waals surface area contributed by atoms with E-state index < -0.39 is 11.4 Å². The first-order valence-corrected chi connectivity index (χ1v) is 8.31. The molecule has 3 rings (SSSR count). The topological polar surface area (TPSA) is 69.6 Å². The number of halogens is 2. The summed E-state index contributed by atoms with van der Waals surface area (Å²) in [5.74, 6) is -1.22. The molecule has 2 aromatic carbocycles. The first kappa shape index (κ1) is 19.4. The van der Waals surface area contributed by atoms with Crippen molar-refractivity contribution in [2.24, 2.45) is 5.92 Å². The molecule has 4 nitrogen and oxygen atoms in total. The number of carboxylic acid groups (broad SMARTS) is 1. The zero-order valence-corrected chi connectivity index (χ0v) is 14.6. The molecule has 0 unspecified atom stereocenters. The highest BCUT2D eigenvalue weighted by atomic mass is 35.5. The van der Waals surface area contributed by atoms with Gasteiger partial charge in [0.1, 0.15) is 5.82 Å². The predicted octanol–water partition coefficient (Wildman–Crippen LogP) is 3.22. The maximum atomic E-state index is 12.3. The van der Waals surface area contributed by atoms with Gasteiger partial charge < -0.3 is 15.5 Å². The van der Waals surface area contributed by atoms with Crippen LogP contribution in [0.2, 0.25) is 5.02 Å². The summed E-state index contributed by atoms with van der Waals surface area (Å²) < 4.78 is 12.3. The minimum atomic E-state index is -0.890. The number of carboxylic acids is 1. The molecule has 1 aliphatic carbocycles. The van der Waals surface area contributed by atoms with Gasteiger partial charge in [0.2, 0.25) is 0 Å². The first-order valence-electron chi connectivity index (χ1n) is 7.93. The van der Waals surface area contributed by atoms with Crippen molar-refractivity contribution in [2.45, 2.75) is 18.4 Å². The molecule has 0 aromatic heterocycles. The van der Waals surface area contributed by atoms with Gasteiger partial charge in [-0.2, -0.15) is 0 Å². The summed E-state index contributed by atoms with van der Waals surface area (Å²) in [5.41, 5.74) is 0.932. The lowest BCUT2D eigenvalue weighted by atomic mass is 9.93. The van der Waals surface area contributed by atoms with E-state index >= 15 is 0 Å². The molecule has 1 fully saturated rings. The van der Waals surface area contributed by atoms with Gasteiger partial charge in [0.15, 0.2) is 0 Å². The van der Waals surface area contributed by atoms with Gasteiger partial charge >= 0.3 is 5.97 Å². The van der Waals surface area contributed by atoms with Crippen LogP contribution >= 0.6 is 11.6 Å². The number of nitrogens with one attached hydrogen (secondary N) is 1. The van der Waals surface area contributed by atoms with Crippen molar-refractivity contribution in [1.82, 2.24) is 5.32 Å². The van der Waals surface area contributed by atoms with E-state index in [9.17, 15) is 14.3 Å². The van der Waals surface area contributed by atoms with Crippen molar-refractivity contribution in [3.63, 3.8) is 0 Å². The number of rotatable bonds is 5. The molecule has 134 valence electrons. The van der Waals surface area contributed by atoms with Crippen molar-refractivity contribution in [3.8, 4) is 0 Å². The number of benzene rings is 2. The van der Waals surface area contributed by atoms with E-state index in [0.29, 0.717) is 11.4 Å². The second kappa shape index (κ2) is 8.43. The number of hydrogen-bond donors (Lipinski definition) is 3. The van der Waals surface area contributed by atoms with Crippen molar-refractivity contribution in [1.29, 1.82) is 0 Å². The molecule has 0 heterocycles. The maximum absolute atomic E-state index is 12.3. The Kier molecular flexibility index (Phi) is 6.53.